The fraction of sp³-hybridized carbons (Fsp3) is 0.571. The standard InChI is InChI=1S/C21H31FN2O4/c1-14(2)11-17(24-20(27)28-21(3,4)5)19(26)23-16(18(25)13-22)12-15-9-7-6-8-10-15/h6-10,14,16-17H,11-13H2,1-5H3,(H,23,26)(H,24,27)/t16-,17+/m1/s1. The van der Waals surface area contributed by atoms with Crippen molar-refractivity contribution in [2.24, 2.45) is 5.92 Å². The predicted molar refractivity (Wildman–Crippen MR) is 106 cm³/mol. The first kappa shape index (κ1) is 23.6. The van der Waals surface area contributed by atoms with E-state index in [2.05, 4.69) is 10.6 Å². The van der Waals surface area contributed by atoms with Gasteiger partial charge in [0.25, 0.3) is 0 Å². The average molecular weight is 394 g/mol. The lowest BCUT2D eigenvalue weighted by Crippen LogP contribution is -2.53. The molecular formula is C21H31FN2O4. The molecule has 2 amide bonds. The van der Waals surface area contributed by atoms with Crippen molar-refractivity contribution in [3.05, 3.63) is 35.9 Å². The lowest BCUT2D eigenvalue weighted by molar-refractivity contribution is -0.129. The molecule has 0 aliphatic heterocycles. The summed E-state index contributed by atoms with van der Waals surface area (Å²) in [5.41, 5.74) is 0.0956. The molecule has 0 saturated heterocycles. The van der Waals surface area contributed by atoms with Crippen LogP contribution in [0.15, 0.2) is 30.3 Å². The quantitative estimate of drug-likeness (QED) is 0.674. The topological polar surface area (TPSA) is 84.5 Å². The SMILES string of the molecule is CC(C)C[C@H](NC(=O)OC(C)(C)C)C(=O)N[C@H](Cc1ccccc1)C(=O)CF. The average Bonchev–Trinajstić information content (AvgIpc) is 2.58. The van der Waals surface area contributed by atoms with Gasteiger partial charge in [-0.1, -0.05) is 44.2 Å². The van der Waals surface area contributed by atoms with E-state index in [1.807, 2.05) is 19.9 Å². The molecule has 0 saturated carbocycles. The lowest BCUT2D eigenvalue weighted by atomic mass is 10.00. The van der Waals surface area contributed by atoms with Gasteiger partial charge >= 0.3 is 6.09 Å². The van der Waals surface area contributed by atoms with Gasteiger partial charge in [0, 0.05) is 0 Å². The number of benzene rings is 1. The first-order valence-electron chi connectivity index (χ1n) is 9.44. The smallest absolute Gasteiger partial charge is 0.408 e. The molecule has 6 nitrogen and oxygen atoms in total. The Hall–Kier alpha value is -2.44. The fourth-order valence-electron chi connectivity index (χ4n) is 2.61. The first-order valence-corrected chi connectivity index (χ1v) is 9.44. The van der Waals surface area contributed by atoms with Crippen LogP contribution >= 0.6 is 0 Å². The van der Waals surface area contributed by atoms with Crippen molar-refractivity contribution in [1.82, 2.24) is 10.6 Å². The zero-order valence-corrected chi connectivity index (χ0v) is 17.3. The Balaban J connectivity index is 2.88. The maximum atomic E-state index is 13.0. The molecule has 7 heteroatoms. The van der Waals surface area contributed by atoms with Crippen LogP contribution in [0.25, 0.3) is 0 Å². The van der Waals surface area contributed by atoms with Crippen molar-refractivity contribution < 1.29 is 23.5 Å². The minimum Gasteiger partial charge on any atom is -0.444 e. The summed E-state index contributed by atoms with van der Waals surface area (Å²) in [5.74, 6) is -1.14. The van der Waals surface area contributed by atoms with E-state index in [4.69, 9.17) is 4.74 Å². The third-order valence-corrected chi connectivity index (χ3v) is 3.83. The van der Waals surface area contributed by atoms with Crippen LogP contribution in [0.5, 0.6) is 0 Å². The van der Waals surface area contributed by atoms with E-state index in [1.54, 1.807) is 45.0 Å². The van der Waals surface area contributed by atoms with Crippen molar-refractivity contribution in [1.29, 1.82) is 0 Å². The van der Waals surface area contributed by atoms with Gasteiger partial charge in [0.2, 0.25) is 5.91 Å². The summed E-state index contributed by atoms with van der Waals surface area (Å²) >= 11 is 0. The Kier molecular flexibility index (Phi) is 9.09. The number of Topliss-reactive ketones (excluding diaryl/α,β-unsaturated/α-hetero) is 1. The zero-order valence-electron chi connectivity index (χ0n) is 17.3. The highest BCUT2D eigenvalue weighted by Crippen LogP contribution is 2.11. The molecule has 2 atom stereocenters. The summed E-state index contributed by atoms with van der Waals surface area (Å²) in [7, 11) is 0. The zero-order chi connectivity index (χ0) is 21.3. The monoisotopic (exact) mass is 394 g/mol. The summed E-state index contributed by atoms with van der Waals surface area (Å²) in [6.45, 7) is 7.81. The van der Waals surface area contributed by atoms with Gasteiger partial charge in [0.1, 0.15) is 18.3 Å². The van der Waals surface area contributed by atoms with Crippen molar-refractivity contribution in [3.8, 4) is 0 Å². The predicted octanol–water partition coefficient (Wildman–Crippen LogP) is 3.19. The molecule has 0 bridgehead atoms. The second kappa shape index (κ2) is 10.8. The van der Waals surface area contributed by atoms with Crippen LogP contribution < -0.4 is 10.6 Å². The van der Waals surface area contributed by atoms with Gasteiger partial charge in [-0.05, 0) is 45.1 Å². The van der Waals surface area contributed by atoms with Gasteiger partial charge in [-0.15, -0.1) is 0 Å². The van der Waals surface area contributed by atoms with Crippen molar-refractivity contribution in [3.63, 3.8) is 0 Å². The van der Waals surface area contributed by atoms with Crippen LogP contribution in [0.2, 0.25) is 0 Å². The van der Waals surface area contributed by atoms with E-state index in [9.17, 15) is 18.8 Å². The Labute approximate surface area is 166 Å². The molecule has 2 N–H and O–H groups in total. The summed E-state index contributed by atoms with van der Waals surface area (Å²) in [4.78, 5) is 36.8. The van der Waals surface area contributed by atoms with E-state index in [-0.39, 0.29) is 12.3 Å². The van der Waals surface area contributed by atoms with Gasteiger partial charge < -0.3 is 15.4 Å². The van der Waals surface area contributed by atoms with Crippen molar-refractivity contribution >= 4 is 17.8 Å². The number of ether oxygens (including phenoxy) is 1. The maximum absolute atomic E-state index is 13.0. The molecule has 0 spiro atoms. The summed E-state index contributed by atoms with van der Waals surface area (Å²) in [6.07, 6.45) is -0.187. The molecule has 0 radical (unpaired) electrons. The Morgan fingerprint density at radius 1 is 1.04 bits per heavy atom. The summed E-state index contributed by atoms with van der Waals surface area (Å²) in [6, 6.07) is 7.15. The molecule has 1 aromatic rings. The van der Waals surface area contributed by atoms with Crippen LogP contribution in [0, 0.1) is 5.92 Å². The number of nitrogens with one attached hydrogen (secondary N) is 2. The molecule has 28 heavy (non-hydrogen) atoms. The number of carbonyl (C=O) groups is 3. The molecule has 0 heterocycles. The van der Waals surface area contributed by atoms with Crippen LogP contribution in [0.4, 0.5) is 9.18 Å². The second-order valence-corrected chi connectivity index (χ2v) is 8.18. The van der Waals surface area contributed by atoms with Crippen LogP contribution in [0.3, 0.4) is 0 Å². The van der Waals surface area contributed by atoms with Gasteiger partial charge in [-0.25, -0.2) is 9.18 Å². The number of carbonyl (C=O) groups excluding carboxylic acids is 3. The highest BCUT2D eigenvalue weighted by atomic mass is 19.1. The fourth-order valence-corrected chi connectivity index (χ4v) is 2.61. The number of hydrogen-bond donors (Lipinski definition) is 2. The minimum atomic E-state index is -1.17. The number of ketones is 1. The van der Waals surface area contributed by atoms with Crippen molar-refractivity contribution in [2.75, 3.05) is 6.67 Å². The molecule has 0 unspecified atom stereocenters. The van der Waals surface area contributed by atoms with Crippen molar-refractivity contribution in [2.45, 2.75) is 65.1 Å². The number of alkyl carbamates (subject to hydrolysis) is 1. The molecular weight excluding hydrogens is 363 g/mol. The Morgan fingerprint density at radius 3 is 2.14 bits per heavy atom. The maximum Gasteiger partial charge on any atom is 0.408 e. The van der Waals surface area contributed by atoms with E-state index >= 15 is 0 Å². The number of rotatable bonds is 9. The largest absolute Gasteiger partial charge is 0.444 e. The van der Waals surface area contributed by atoms with Crippen LogP contribution in [-0.2, 0) is 20.7 Å². The molecule has 0 fully saturated rings. The molecule has 156 valence electrons. The lowest BCUT2D eigenvalue weighted by Gasteiger charge is -2.25. The molecule has 0 aromatic heterocycles. The van der Waals surface area contributed by atoms with E-state index in [0.717, 1.165) is 5.56 Å². The highest BCUT2D eigenvalue weighted by Gasteiger charge is 2.29. The van der Waals surface area contributed by atoms with Gasteiger partial charge in [0.15, 0.2) is 5.78 Å². The van der Waals surface area contributed by atoms with Crippen LogP contribution in [-0.4, -0.2) is 42.1 Å². The highest BCUT2D eigenvalue weighted by molar-refractivity contribution is 5.92. The van der Waals surface area contributed by atoms with E-state index in [1.165, 1.54) is 0 Å². The Bertz CT molecular complexity index is 656. The normalized spacial score (nSPS) is 13.5. The third kappa shape index (κ3) is 8.97. The summed E-state index contributed by atoms with van der Waals surface area (Å²) in [5, 5.41) is 5.14. The molecule has 0 aliphatic rings. The Morgan fingerprint density at radius 2 is 1.64 bits per heavy atom. The molecule has 1 aromatic carbocycles. The van der Waals surface area contributed by atoms with Gasteiger partial charge in [-0.2, -0.15) is 0 Å². The number of hydrogen-bond acceptors (Lipinski definition) is 4. The summed E-state index contributed by atoms with van der Waals surface area (Å²) < 4.78 is 18.2. The third-order valence-electron chi connectivity index (χ3n) is 3.83. The van der Waals surface area contributed by atoms with E-state index < -0.39 is 42.1 Å². The van der Waals surface area contributed by atoms with Gasteiger partial charge in [0.05, 0.1) is 6.04 Å². The second-order valence-electron chi connectivity index (χ2n) is 8.18. The molecule has 0 aliphatic carbocycles. The molecule has 1 rings (SSSR count). The first-order chi connectivity index (χ1) is 13.0. The number of alkyl halides is 1. The number of amides is 2. The van der Waals surface area contributed by atoms with Gasteiger partial charge in [-0.3, -0.25) is 9.59 Å². The van der Waals surface area contributed by atoms with Crippen LogP contribution in [0.1, 0.15) is 46.6 Å². The van der Waals surface area contributed by atoms with E-state index in [0.29, 0.717) is 6.42 Å². The number of halogens is 1. The minimum absolute atomic E-state index is 0.107.